The van der Waals surface area contributed by atoms with Gasteiger partial charge in [0.1, 0.15) is 17.2 Å². The summed E-state index contributed by atoms with van der Waals surface area (Å²) in [6.07, 6.45) is -3.31. The molecule has 3 aliphatic rings. The predicted molar refractivity (Wildman–Crippen MR) is 156 cm³/mol. The minimum Gasteiger partial charge on any atom is -0.507 e. The first-order chi connectivity index (χ1) is 20.5. The molecule has 5 unspecified atom stereocenters. The molecule has 10 nitrogen and oxygen atoms in total. The van der Waals surface area contributed by atoms with E-state index in [1.54, 1.807) is 12.1 Å². The van der Waals surface area contributed by atoms with E-state index >= 15 is 0 Å². The van der Waals surface area contributed by atoms with E-state index in [0.29, 0.717) is 19.5 Å². The molecular formula is C33H35NO9. The summed E-state index contributed by atoms with van der Waals surface area (Å²) in [6.45, 7) is 4.56. The summed E-state index contributed by atoms with van der Waals surface area (Å²) in [5.74, 6) is -2.22. The van der Waals surface area contributed by atoms with Crippen molar-refractivity contribution in [3.63, 3.8) is 0 Å². The smallest absolute Gasteiger partial charge is 0.202 e. The SMILES string of the molecule is COc1cccc2c1C(=O)c1c(O)c3c(c(O)c1C2=O)CC(O)(C(C)O)CC3OC1CCN(c2ccccc2)CC(C)O1. The number of aliphatic hydroxyl groups is 2. The van der Waals surface area contributed by atoms with Crippen LogP contribution in [0.25, 0.3) is 0 Å². The molecule has 0 spiro atoms. The van der Waals surface area contributed by atoms with Gasteiger partial charge in [-0.25, -0.2) is 0 Å². The average molecular weight is 590 g/mol. The highest BCUT2D eigenvalue weighted by Gasteiger charge is 2.48. The van der Waals surface area contributed by atoms with Crippen LogP contribution in [0.15, 0.2) is 48.5 Å². The number of nitrogens with zero attached hydrogens (tertiary/aromatic N) is 1. The van der Waals surface area contributed by atoms with Crippen molar-refractivity contribution < 1.29 is 44.2 Å². The molecule has 0 aromatic heterocycles. The van der Waals surface area contributed by atoms with Crippen molar-refractivity contribution in [2.45, 2.75) is 63.3 Å². The molecule has 5 atom stereocenters. The van der Waals surface area contributed by atoms with Gasteiger partial charge in [0.2, 0.25) is 5.78 Å². The quantitative estimate of drug-likeness (QED) is 0.255. The van der Waals surface area contributed by atoms with Gasteiger partial charge in [-0.15, -0.1) is 0 Å². The van der Waals surface area contributed by atoms with Crippen molar-refractivity contribution in [2.24, 2.45) is 0 Å². The maximum Gasteiger partial charge on any atom is 0.202 e. The number of ether oxygens (including phenoxy) is 3. The molecule has 43 heavy (non-hydrogen) atoms. The lowest BCUT2D eigenvalue weighted by Crippen LogP contribution is -2.48. The Hall–Kier alpha value is -3.96. The van der Waals surface area contributed by atoms with Gasteiger partial charge in [0.05, 0.1) is 47.7 Å². The lowest BCUT2D eigenvalue weighted by atomic mass is 9.71. The molecule has 6 rings (SSSR count). The Morgan fingerprint density at radius 3 is 2.42 bits per heavy atom. The molecule has 3 aromatic rings. The standard InChI is InChI=1S/C33H35NO9/c1-17-16-34(19-8-5-4-6-9-19)13-12-24(42-17)43-23-15-33(40,18(2)35)14-21-26(23)32(39)28-27(30(21)37)29(36)20-10-7-11-22(41-3)25(20)31(28)38/h4-11,17-18,23-24,35,37,39-40H,12-16H2,1-3H3. The monoisotopic (exact) mass is 589 g/mol. The van der Waals surface area contributed by atoms with Gasteiger partial charge in [-0.05, 0) is 32.0 Å². The zero-order valence-electron chi connectivity index (χ0n) is 24.2. The number of rotatable bonds is 5. The average Bonchev–Trinajstić information content (AvgIpc) is 3.18. The number of phenols is 2. The topological polar surface area (TPSA) is 146 Å². The van der Waals surface area contributed by atoms with Crippen molar-refractivity contribution in [3.8, 4) is 17.2 Å². The molecule has 1 heterocycles. The lowest BCUT2D eigenvalue weighted by molar-refractivity contribution is -0.207. The number of phenolic OH excluding ortho intramolecular Hbond substituents is 2. The minimum atomic E-state index is -1.76. The molecule has 0 bridgehead atoms. The summed E-state index contributed by atoms with van der Waals surface area (Å²) in [5, 5.41) is 45.3. The normalized spacial score (nSPS) is 25.8. The fourth-order valence-electron chi connectivity index (χ4n) is 6.57. The van der Waals surface area contributed by atoms with Crippen LogP contribution in [0.3, 0.4) is 0 Å². The second kappa shape index (κ2) is 10.9. The zero-order chi connectivity index (χ0) is 30.6. The molecule has 2 aliphatic carbocycles. The van der Waals surface area contributed by atoms with Crippen LogP contribution in [-0.4, -0.2) is 76.3 Å². The Morgan fingerprint density at radius 2 is 1.72 bits per heavy atom. The largest absolute Gasteiger partial charge is 0.507 e. The predicted octanol–water partition coefficient (Wildman–Crippen LogP) is 3.64. The minimum absolute atomic E-state index is 0.00663. The molecule has 1 aliphatic heterocycles. The van der Waals surface area contributed by atoms with Gasteiger partial charge in [-0.2, -0.15) is 0 Å². The molecule has 226 valence electrons. The Bertz CT molecular complexity index is 1590. The number of ketones is 2. The van der Waals surface area contributed by atoms with E-state index in [-0.39, 0.29) is 58.1 Å². The summed E-state index contributed by atoms with van der Waals surface area (Å²) in [5.41, 5.74) is -1.27. The zero-order valence-corrected chi connectivity index (χ0v) is 24.2. The Morgan fingerprint density at radius 1 is 1.00 bits per heavy atom. The van der Waals surface area contributed by atoms with Crippen molar-refractivity contribution >= 4 is 17.3 Å². The van der Waals surface area contributed by atoms with E-state index in [2.05, 4.69) is 4.90 Å². The third kappa shape index (κ3) is 4.84. The maximum atomic E-state index is 13.8. The van der Waals surface area contributed by atoms with Gasteiger partial charge in [-0.1, -0.05) is 30.3 Å². The van der Waals surface area contributed by atoms with Crippen LogP contribution < -0.4 is 9.64 Å². The van der Waals surface area contributed by atoms with Crippen molar-refractivity contribution in [1.29, 1.82) is 0 Å². The van der Waals surface area contributed by atoms with Crippen LogP contribution in [0.5, 0.6) is 17.2 Å². The highest BCUT2D eigenvalue weighted by molar-refractivity contribution is 6.31. The van der Waals surface area contributed by atoms with E-state index < -0.39 is 47.2 Å². The summed E-state index contributed by atoms with van der Waals surface area (Å²) in [4.78, 5) is 29.7. The second-order valence-corrected chi connectivity index (χ2v) is 11.6. The number of aliphatic hydroxyl groups excluding tert-OH is 1. The highest BCUT2D eigenvalue weighted by atomic mass is 16.7. The van der Waals surface area contributed by atoms with E-state index in [1.807, 2.05) is 37.3 Å². The number of hydrogen-bond donors (Lipinski definition) is 4. The molecule has 10 heteroatoms. The maximum absolute atomic E-state index is 13.8. The van der Waals surface area contributed by atoms with E-state index in [0.717, 1.165) is 5.69 Å². The fraction of sp³-hybridized carbons (Fsp3) is 0.394. The van der Waals surface area contributed by atoms with Gasteiger partial charge in [-0.3, -0.25) is 9.59 Å². The van der Waals surface area contributed by atoms with Crippen LogP contribution in [0.4, 0.5) is 5.69 Å². The fourth-order valence-corrected chi connectivity index (χ4v) is 6.57. The molecule has 1 fully saturated rings. The van der Waals surface area contributed by atoms with Gasteiger partial charge in [0, 0.05) is 54.7 Å². The van der Waals surface area contributed by atoms with Crippen LogP contribution in [0, 0.1) is 0 Å². The summed E-state index contributed by atoms with van der Waals surface area (Å²) >= 11 is 0. The third-order valence-electron chi connectivity index (χ3n) is 8.82. The highest BCUT2D eigenvalue weighted by Crippen LogP contribution is 2.52. The summed E-state index contributed by atoms with van der Waals surface area (Å²) in [7, 11) is 1.38. The second-order valence-electron chi connectivity index (χ2n) is 11.6. The number of carbonyl (C=O) groups is 2. The first-order valence-electron chi connectivity index (χ1n) is 14.4. The molecular weight excluding hydrogens is 554 g/mol. The van der Waals surface area contributed by atoms with Gasteiger partial charge in [0.15, 0.2) is 12.1 Å². The number of carbonyl (C=O) groups excluding carboxylic acids is 2. The summed E-state index contributed by atoms with van der Waals surface area (Å²) < 4.78 is 18.0. The molecule has 0 radical (unpaired) electrons. The van der Waals surface area contributed by atoms with Crippen LogP contribution >= 0.6 is 0 Å². The number of hydrogen-bond acceptors (Lipinski definition) is 10. The van der Waals surface area contributed by atoms with E-state index in [1.165, 1.54) is 20.1 Å². The van der Waals surface area contributed by atoms with Crippen molar-refractivity contribution in [1.82, 2.24) is 0 Å². The molecule has 3 aromatic carbocycles. The number of fused-ring (bicyclic) bond motifs is 3. The van der Waals surface area contributed by atoms with Crippen LogP contribution in [-0.2, 0) is 15.9 Å². The number of anilines is 1. The summed E-state index contributed by atoms with van der Waals surface area (Å²) in [6, 6.07) is 14.5. The van der Waals surface area contributed by atoms with Crippen LogP contribution in [0.2, 0.25) is 0 Å². The van der Waals surface area contributed by atoms with Gasteiger partial charge >= 0.3 is 0 Å². The first kappa shape index (κ1) is 29.1. The van der Waals surface area contributed by atoms with Gasteiger partial charge in [0.25, 0.3) is 0 Å². The third-order valence-corrected chi connectivity index (χ3v) is 8.82. The van der Waals surface area contributed by atoms with E-state index in [4.69, 9.17) is 14.2 Å². The molecule has 0 saturated carbocycles. The Balaban J connectivity index is 1.42. The number of methoxy groups -OCH3 is 1. The number of benzene rings is 3. The Kier molecular flexibility index (Phi) is 7.42. The number of aromatic hydroxyl groups is 2. The molecule has 0 amide bonds. The van der Waals surface area contributed by atoms with Crippen molar-refractivity contribution in [3.05, 3.63) is 81.9 Å². The van der Waals surface area contributed by atoms with E-state index in [9.17, 15) is 30.0 Å². The number of para-hydroxylation sites is 1. The first-order valence-corrected chi connectivity index (χ1v) is 14.4. The van der Waals surface area contributed by atoms with Crippen molar-refractivity contribution in [2.75, 3.05) is 25.1 Å². The Labute approximate surface area is 249 Å². The van der Waals surface area contributed by atoms with Crippen LogP contribution in [0.1, 0.15) is 75.8 Å². The molecule has 1 saturated heterocycles. The molecule has 4 N–H and O–H groups in total. The van der Waals surface area contributed by atoms with Gasteiger partial charge < -0.3 is 39.5 Å². The lowest BCUT2D eigenvalue weighted by Gasteiger charge is -2.42.